The fourth-order valence-electron chi connectivity index (χ4n) is 2.25. The van der Waals surface area contributed by atoms with Gasteiger partial charge in [0.2, 0.25) is 6.79 Å². The Morgan fingerprint density at radius 1 is 1.35 bits per heavy atom. The highest BCUT2D eigenvalue weighted by molar-refractivity contribution is 7.80. The number of fused-ring (bicyclic) bond motifs is 1. The second kappa shape index (κ2) is 4.79. The van der Waals surface area contributed by atoms with Gasteiger partial charge in [-0.2, -0.15) is 0 Å². The maximum Gasteiger partial charge on any atom is 0.276 e. The molecule has 2 heterocycles. The summed E-state index contributed by atoms with van der Waals surface area (Å²) < 4.78 is 10.6. The largest absolute Gasteiger partial charge is 0.454 e. The van der Waals surface area contributed by atoms with E-state index in [4.69, 9.17) is 21.7 Å². The summed E-state index contributed by atoms with van der Waals surface area (Å²) in [7, 11) is 1.80. The summed E-state index contributed by atoms with van der Waals surface area (Å²) in [4.78, 5) is 15.6. The lowest BCUT2D eigenvalue weighted by Crippen LogP contribution is -2.30. The summed E-state index contributed by atoms with van der Waals surface area (Å²) in [6.45, 7) is 2.71. The van der Waals surface area contributed by atoms with Crippen LogP contribution in [0, 0.1) is 0 Å². The number of nitrogens with zero attached hydrogens (tertiary/aromatic N) is 2. The lowest BCUT2D eigenvalue weighted by Gasteiger charge is -2.13. The molecule has 1 aromatic carbocycles. The SMILES string of the molecule is CCN1C(=O)/C(=C/c2ccc3c(c2)OCO3)N(C)C1=S. The van der Waals surface area contributed by atoms with Gasteiger partial charge in [0.1, 0.15) is 5.70 Å². The van der Waals surface area contributed by atoms with E-state index in [9.17, 15) is 4.79 Å². The first kappa shape index (κ1) is 12.9. The van der Waals surface area contributed by atoms with Crippen LogP contribution < -0.4 is 9.47 Å². The predicted octanol–water partition coefficient (Wildman–Crippen LogP) is 1.83. The van der Waals surface area contributed by atoms with Crippen LogP contribution in [0.5, 0.6) is 11.5 Å². The molecule has 5 nitrogen and oxygen atoms in total. The number of likely N-dealkylation sites (N-methyl/N-ethyl adjacent to an activating group) is 2. The Kier molecular flexibility index (Phi) is 3.10. The molecule has 0 bridgehead atoms. The fraction of sp³-hybridized carbons (Fsp3) is 0.286. The molecule has 0 atom stereocenters. The first-order chi connectivity index (χ1) is 9.61. The van der Waals surface area contributed by atoms with E-state index in [1.54, 1.807) is 16.8 Å². The van der Waals surface area contributed by atoms with E-state index in [0.717, 1.165) is 11.3 Å². The number of hydrogen-bond donors (Lipinski definition) is 0. The number of benzene rings is 1. The second-order valence-corrected chi connectivity index (χ2v) is 4.90. The van der Waals surface area contributed by atoms with Crippen LogP contribution in [-0.2, 0) is 4.79 Å². The molecule has 0 spiro atoms. The average molecular weight is 290 g/mol. The second-order valence-electron chi connectivity index (χ2n) is 4.53. The van der Waals surface area contributed by atoms with Gasteiger partial charge in [-0.25, -0.2) is 0 Å². The van der Waals surface area contributed by atoms with E-state index >= 15 is 0 Å². The molecule has 1 saturated heterocycles. The molecule has 104 valence electrons. The van der Waals surface area contributed by atoms with Crippen molar-refractivity contribution in [3.63, 3.8) is 0 Å². The number of thiocarbonyl (C=S) groups is 1. The summed E-state index contributed by atoms with van der Waals surface area (Å²) in [5.74, 6) is 1.35. The van der Waals surface area contributed by atoms with Crippen LogP contribution in [0.1, 0.15) is 12.5 Å². The Morgan fingerprint density at radius 3 is 2.80 bits per heavy atom. The van der Waals surface area contributed by atoms with Gasteiger partial charge in [0.25, 0.3) is 5.91 Å². The third-order valence-electron chi connectivity index (χ3n) is 3.36. The third kappa shape index (κ3) is 1.92. The Labute approximate surface area is 122 Å². The van der Waals surface area contributed by atoms with E-state index in [0.29, 0.717) is 23.1 Å². The van der Waals surface area contributed by atoms with Gasteiger partial charge in [-0.15, -0.1) is 0 Å². The van der Waals surface area contributed by atoms with Crippen LogP contribution in [0.4, 0.5) is 0 Å². The third-order valence-corrected chi connectivity index (χ3v) is 3.85. The van der Waals surface area contributed by atoms with Crippen molar-refractivity contribution in [3.05, 3.63) is 29.5 Å². The molecule has 0 radical (unpaired) electrons. The smallest absolute Gasteiger partial charge is 0.276 e. The van der Waals surface area contributed by atoms with E-state index in [-0.39, 0.29) is 12.7 Å². The molecule has 0 saturated carbocycles. The van der Waals surface area contributed by atoms with Crippen molar-refractivity contribution in [1.29, 1.82) is 0 Å². The van der Waals surface area contributed by atoms with Gasteiger partial charge >= 0.3 is 0 Å². The molecule has 2 aliphatic heterocycles. The Balaban J connectivity index is 1.96. The molecule has 3 rings (SSSR count). The van der Waals surface area contributed by atoms with Crippen molar-refractivity contribution in [1.82, 2.24) is 9.80 Å². The number of carbonyl (C=O) groups excluding carboxylic acids is 1. The van der Waals surface area contributed by atoms with Crippen molar-refractivity contribution in [3.8, 4) is 11.5 Å². The summed E-state index contributed by atoms with van der Waals surface area (Å²) in [5.41, 5.74) is 1.45. The van der Waals surface area contributed by atoms with Crippen LogP contribution in [0.15, 0.2) is 23.9 Å². The van der Waals surface area contributed by atoms with Crippen LogP contribution >= 0.6 is 12.2 Å². The summed E-state index contributed by atoms with van der Waals surface area (Å²) >= 11 is 5.26. The highest BCUT2D eigenvalue weighted by Gasteiger charge is 2.34. The first-order valence-corrected chi connectivity index (χ1v) is 6.73. The van der Waals surface area contributed by atoms with Crippen molar-refractivity contribution in [2.24, 2.45) is 0 Å². The number of carbonyl (C=O) groups is 1. The van der Waals surface area contributed by atoms with Gasteiger partial charge in [-0.1, -0.05) is 6.07 Å². The molecule has 1 fully saturated rings. The standard InChI is InChI=1S/C14H14N2O3S/c1-3-16-13(17)10(15(2)14(16)20)6-9-4-5-11-12(7-9)19-8-18-11/h4-7H,3,8H2,1-2H3/b10-6-. The van der Waals surface area contributed by atoms with Crippen molar-refractivity contribution in [2.45, 2.75) is 6.92 Å². The fourth-order valence-corrected chi connectivity index (χ4v) is 2.56. The molecule has 6 heteroatoms. The Bertz CT molecular complexity index is 627. The summed E-state index contributed by atoms with van der Waals surface area (Å²) in [6, 6.07) is 5.58. The van der Waals surface area contributed by atoms with Crippen LogP contribution in [0.3, 0.4) is 0 Å². The lowest BCUT2D eigenvalue weighted by molar-refractivity contribution is -0.122. The van der Waals surface area contributed by atoms with Crippen molar-refractivity contribution < 1.29 is 14.3 Å². The highest BCUT2D eigenvalue weighted by atomic mass is 32.1. The zero-order valence-electron chi connectivity index (χ0n) is 11.3. The topological polar surface area (TPSA) is 42.0 Å². The molecule has 0 aromatic heterocycles. The predicted molar refractivity (Wildman–Crippen MR) is 78.3 cm³/mol. The molecule has 0 aliphatic carbocycles. The molecular formula is C14H14N2O3S. The number of rotatable bonds is 2. The molecule has 20 heavy (non-hydrogen) atoms. The summed E-state index contributed by atoms with van der Waals surface area (Å²) in [5, 5.41) is 0.532. The Hall–Kier alpha value is -2.08. The monoisotopic (exact) mass is 290 g/mol. The van der Waals surface area contributed by atoms with Crippen molar-refractivity contribution in [2.75, 3.05) is 20.4 Å². The molecule has 1 amide bonds. The minimum Gasteiger partial charge on any atom is -0.454 e. The summed E-state index contributed by atoms with van der Waals surface area (Å²) in [6.07, 6.45) is 1.81. The maximum atomic E-state index is 12.3. The van der Waals surface area contributed by atoms with E-state index < -0.39 is 0 Å². The molecule has 0 N–H and O–H groups in total. The Morgan fingerprint density at radius 2 is 2.10 bits per heavy atom. The molecule has 0 unspecified atom stereocenters. The van der Waals surface area contributed by atoms with E-state index in [1.165, 1.54) is 0 Å². The van der Waals surface area contributed by atoms with Gasteiger partial charge in [0.05, 0.1) is 0 Å². The van der Waals surface area contributed by atoms with Crippen LogP contribution in [0.2, 0.25) is 0 Å². The quantitative estimate of drug-likeness (QED) is 0.614. The van der Waals surface area contributed by atoms with Gasteiger partial charge < -0.3 is 14.4 Å². The minimum absolute atomic E-state index is 0.0716. The van der Waals surface area contributed by atoms with Crippen LogP contribution in [0.25, 0.3) is 6.08 Å². The maximum absolute atomic E-state index is 12.3. The highest BCUT2D eigenvalue weighted by Crippen LogP contribution is 2.33. The minimum atomic E-state index is -0.0716. The van der Waals surface area contributed by atoms with Crippen LogP contribution in [-0.4, -0.2) is 41.2 Å². The molecule has 1 aromatic rings. The zero-order valence-corrected chi connectivity index (χ0v) is 12.1. The average Bonchev–Trinajstić information content (AvgIpc) is 2.98. The molecular weight excluding hydrogens is 276 g/mol. The van der Waals surface area contributed by atoms with Gasteiger partial charge in [-0.3, -0.25) is 9.69 Å². The number of amides is 1. The number of ether oxygens (including phenoxy) is 2. The van der Waals surface area contributed by atoms with Crippen molar-refractivity contribution >= 4 is 29.3 Å². The molecule has 2 aliphatic rings. The van der Waals surface area contributed by atoms with Gasteiger partial charge in [0, 0.05) is 13.6 Å². The van der Waals surface area contributed by atoms with Gasteiger partial charge in [-0.05, 0) is 42.9 Å². The zero-order chi connectivity index (χ0) is 14.3. The first-order valence-electron chi connectivity index (χ1n) is 6.32. The number of hydrogen-bond acceptors (Lipinski definition) is 4. The lowest BCUT2D eigenvalue weighted by atomic mass is 10.1. The van der Waals surface area contributed by atoms with E-state index in [2.05, 4.69) is 0 Å². The normalized spacial score (nSPS) is 19.4. The van der Waals surface area contributed by atoms with E-state index in [1.807, 2.05) is 31.2 Å². The van der Waals surface area contributed by atoms with Gasteiger partial charge in [0.15, 0.2) is 16.6 Å².